The Kier molecular flexibility index (Phi) is 6.60. The van der Waals surface area contributed by atoms with Crippen molar-refractivity contribution in [3.8, 4) is 50.6 Å². The van der Waals surface area contributed by atoms with Crippen LogP contribution in [-0.4, -0.2) is 14.5 Å². The highest BCUT2D eigenvalue weighted by Gasteiger charge is 2.35. The Morgan fingerprint density at radius 2 is 1.06 bits per heavy atom. The molecule has 0 atom stereocenters. The van der Waals surface area contributed by atoms with Crippen LogP contribution in [0.3, 0.4) is 0 Å². The fourth-order valence-electron chi connectivity index (χ4n) is 8.99. The van der Waals surface area contributed by atoms with E-state index in [-0.39, 0.29) is 5.41 Å². The molecule has 0 bridgehead atoms. The SMILES string of the molecule is CC1(C)c2ccccc2-c2ccc(-c3cccc(-c4cccc5c6ccc7ccccc7c6n(-c6nc(-c7ccccc7)c7ccccc7n6)c45)c3)cc21. The number of para-hydroxylation sites is 2. The molecule has 0 fully saturated rings. The summed E-state index contributed by atoms with van der Waals surface area (Å²) >= 11 is 0. The van der Waals surface area contributed by atoms with Gasteiger partial charge in [-0.1, -0.05) is 172 Å². The van der Waals surface area contributed by atoms with Gasteiger partial charge in [0.25, 0.3) is 0 Å². The Balaban J connectivity index is 1.17. The lowest BCUT2D eigenvalue weighted by atomic mass is 9.81. The Hall–Kier alpha value is -6.84. The number of benzene rings is 8. The van der Waals surface area contributed by atoms with Gasteiger partial charge in [0.2, 0.25) is 5.95 Å². The second kappa shape index (κ2) is 11.6. The molecule has 0 saturated carbocycles. The molecule has 54 heavy (non-hydrogen) atoms. The molecule has 3 nitrogen and oxygen atoms in total. The molecule has 0 amide bonds. The molecule has 0 N–H and O–H groups in total. The van der Waals surface area contributed by atoms with Crippen molar-refractivity contribution >= 4 is 43.5 Å². The maximum atomic E-state index is 5.44. The molecule has 10 aromatic rings. The number of aromatic nitrogens is 3. The highest BCUT2D eigenvalue weighted by molar-refractivity contribution is 6.21. The molecule has 1 aliphatic rings. The highest BCUT2D eigenvalue weighted by atomic mass is 15.2. The maximum Gasteiger partial charge on any atom is 0.235 e. The lowest BCUT2D eigenvalue weighted by molar-refractivity contribution is 0.660. The predicted octanol–water partition coefficient (Wildman–Crippen LogP) is 13.2. The molecule has 2 aromatic heterocycles. The third-order valence-corrected chi connectivity index (χ3v) is 11.6. The molecular formula is C51H35N3. The minimum absolute atomic E-state index is 0.0622. The molecule has 0 saturated heterocycles. The van der Waals surface area contributed by atoms with Gasteiger partial charge in [-0.05, 0) is 62.5 Å². The van der Waals surface area contributed by atoms with Crippen LogP contribution in [-0.2, 0) is 5.41 Å². The first-order chi connectivity index (χ1) is 26.5. The van der Waals surface area contributed by atoms with Crippen molar-refractivity contribution in [1.29, 1.82) is 0 Å². The standard InChI is InChI=1S/C51H35N3/c1-51(2)44-24-10-8-20-39(44)40-28-27-35(31-45(40)51)34-17-12-18-36(30-34)38-22-13-23-41-42-29-26-32-14-6-7-19-37(32)48(42)54(49(38)41)50-52-46-25-11-9-21-43(46)47(53-50)33-15-4-3-5-16-33/h3-31H,1-2H3. The summed E-state index contributed by atoms with van der Waals surface area (Å²) in [6.45, 7) is 4.69. The van der Waals surface area contributed by atoms with E-state index in [1.165, 1.54) is 54.9 Å². The third kappa shape index (κ3) is 4.48. The lowest BCUT2D eigenvalue weighted by Gasteiger charge is -2.22. The van der Waals surface area contributed by atoms with Gasteiger partial charge in [-0.2, -0.15) is 0 Å². The molecule has 1 aliphatic carbocycles. The first-order valence-corrected chi connectivity index (χ1v) is 18.7. The van der Waals surface area contributed by atoms with Crippen molar-refractivity contribution < 1.29 is 0 Å². The van der Waals surface area contributed by atoms with Crippen molar-refractivity contribution in [2.45, 2.75) is 19.3 Å². The first-order valence-electron chi connectivity index (χ1n) is 18.7. The molecule has 0 spiro atoms. The van der Waals surface area contributed by atoms with Crippen LogP contribution in [0.5, 0.6) is 0 Å². The van der Waals surface area contributed by atoms with Gasteiger partial charge >= 0.3 is 0 Å². The predicted molar refractivity (Wildman–Crippen MR) is 225 cm³/mol. The number of hydrogen-bond acceptors (Lipinski definition) is 2. The van der Waals surface area contributed by atoms with E-state index in [9.17, 15) is 0 Å². The fourth-order valence-corrected chi connectivity index (χ4v) is 8.99. The minimum Gasteiger partial charge on any atom is -0.277 e. The van der Waals surface area contributed by atoms with Gasteiger partial charge in [0, 0.05) is 38.1 Å². The number of fused-ring (bicyclic) bond motifs is 9. The Morgan fingerprint density at radius 3 is 1.96 bits per heavy atom. The van der Waals surface area contributed by atoms with Gasteiger partial charge in [-0.15, -0.1) is 0 Å². The molecule has 254 valence electrons. The first kappa shape index (κ1) is 30.8. The van der Waals surface area contributed by atoms with Crippen LogP contribution in [0.4, 0.5) is 0 Å². The Morgan fingerprint density at radius 1 is 0.407 bits per heavy atom. The number of hydrogen-bond donors (Lipinski definition) is 0. The highest BCUT2D eigenvalue weighted by Crippen LogP contribution is 2.50. The van der Waals surface area contributed by atoms with Crippen molar-refractivity contribution in [3.63, 3.8) is 0 Å². The smallest absolute Gasteiger partial charge is 0.235 e. The molecule has 0 unspecified atom stereocenters. The van der Waals surface area contributed by atoms with E-state index in [2.05, 4.69) is 194 Å². The topological polar surface area (TPSA) is 30.7 Å². The zero-order chi connectivity index (χ0) is 36.0. The van der Waals surface area contributed by atoms with E-state index in [4.69, 9.17) is 9.97 Å². The molecular weight excluding hydrogens is 655 g/mol. The quantitative estimate of drug-likeness (QED) is 0.184. The molecule has 0 radical (unpaired) electrons. The average Bonchev–Trinajstić information content (AvgIpc) is 3.69. The lowest BCUT2D eigenvalue weighted by Crippen LogP contribution is -2.14. The van der Waals surface area contributed by atoms with E-state index < -0.39 is 0 Å². The molecule has 2 heterocycles. The van der Waals surface area contributed by atoms with Crippen molar-refractivity contribution in [2.75, 3.05) is 0 Å². The van der Waals surface area contributed by atoms with Crippen LogP contribution in [0, 0.1) is 0 Å². The molecule has 3 heteroatoms. The molecule has 11 rings (SSSR count). The second-order valence-electron chi connectivity index (χ2n) is 15.0. The second-order valence-corrected chi connectivity index (χ2v) is 15.0. The molecule has 8 aromatic carbocycles. The summed E-state index contributed by atoms with van der Waals surface area (Å²) in [5, 5.41) is 5.74. The van der Waals surface area contributed by atoms with Crippen LogP contribution in [0.2, 0.25) is 0 Å². The van der Waals surface area contributed by atoms with E-state index >= 15 is 0 Å². The van der Waals surface area contributed by atoms with Crippen molar-refractivity contribution in [3.05, 3.63) is 187 Å². The van der Waals surface area contributed by atoms with Crippen LogP contribution < -0.4 is 0 Å². The summed E-state index contributed by atoms with van der Waals surface area (Å²) in [5.74, 6) is 0.660. The van der Waals surface area contributed by atoms with Gasteiger partial charge in [0.15, 0.2) is 0 Å². The third-order valence-electron chi connectivity index (χ3n) is 11.6. The van der Waals surface area contributed by atoms with Crippen LogP contribution in [0.1, 0.15) is 25.0 Å². The Labute approximate surface area is 313 Å². The summed E-state index contributed by atoms with van der Waals surface area (Å²) in [5.41, 5.74) is 15.2. The van der Waals surface area contributed by atoms with E-state index in [0.29, 0.717) is 5.95 Å². The summed E-state index contributed by atoms with van der Waals surface area (Å²) in [7, 11) is 0. The number of nitrogens with zero attached hydrogens (tertiary/aromatic N) is 3. The summed E-state index contributed by atoms with van der Waals surface area (Å²) in [4.78, 5) is 10.8. The number of rotatable bonds is 4. The van der Waals surface area contributed by atoms with Crippen LogP contribution in [0.15, 0.2) is 176 Å². The molecule has 0 aliphatic heterocycles. The Bertz CT molecular complexity index is 3130. The van der Waals surface area contributed by atoms with E-state index in [1.807, 2.05) is 0 Å². The summed E-state index contributed by atoms with van der Waals surface area (Å²) in [6, 6.07) is 63.5. The average molecular weight is 690 g/mol. The summed E-state index contributed by atoms with van der Waals surface area (Å²) < 4.78 is 2.32. The van der Waals surface area contributed by atoms with Crippen LogP contribution in [0.25, 0.3) is 94.1 Å². The van der Waals surface area contributed by atoms with Crippen LogP contribution >= 0.6 is 0 Å². The van der Waals surface area contributed by atoms with E-state index in [0.717, 1.165) is 44.3 Å². The maximum absolute atomic E-state index is 5.44. The minimum atomic E-state index is -0.0622. The van der Waals surface area contributed by atoms with Gasteiger partial charge in [-0.25, -0.2) is 9.97 Å². The van der Waals surface area contributed by atoms with Crippen molar-refractivity contribution in [2.24, 2.45) is 0 Å². The van der Waals surface area contributed by atoms with Gasteiger partial charge in [0.05, 0.1) is 22.2 Å². The normalized spacial score (nSPS) is 13.1. The monoisotopic (exact) mass is 689 g/mol. The summed E-state index contributed by atoms with van der Waals surface area (Å²) in [6.07, 6.45) is 0. The largest absolute Gasteiger partial charge is 0.277 e. The zero-order valence-electron chi connectivity index (χ0n) is 30.1. The van der Waals surface area contributed by atoms with Gasteiger partial charge < -0.3 is 0 Å². The van der Waals surface area contributed by atoms with Crippen molar-refractivity contribution in [1.82, 2.24) is 14.5 Å². The zero-order valence-corrected chi connectivity index (χ0v) is 30.1. The van der Waals surface area contributed by atoms with E-state index in [1.54, 1.807) is 0 Å². The van der Waals surface area contributed by atoms with Gasteiger partial charge in [-0.3, -0.25) is 4.57 Å². The van der Waals surface area contributed by atoms with Gasteiger partial charge in [0.1, 0.15) is 0 Å². The fraction of sp³-hybridized carbons (Fsp3) is 0.0588.